The van der Waals surface area contributed by atoms with Gasteiger partial charge in [-0.15, -0.1) is 0 Å². The fraction of sp³-hybridized carbons (Fsp3) is 0.170. The van der Waals surface area contributed by atoms with Crippen LogP contribution in [0.1, 0.15) is 111 Å². The summed E-state index contributed by atoms with van der Waals surface area (Å²) >= 11 is 0. The summed E-state index contributed by atoms with van der Waals surface area (Å²) in [5.74, 6) is 0. The van der Waals surface area contributed by atoms with Crippen LogP contribution in [0.15, 0.2) is 309 Å². The second-order valence-corrected chi connectivity index (χ2v) is 32.0. The van der Waals surface area contributed by atoms with E-state index in [4.69, 9.17) is 0 Å². The monoisotopic (exact) mass is 1320 g/mol. The zero-order valence-corrected chi connectivity index (χ0v) is 60.8. The van der Waals surface area contributed by atoms with Crippen LogP contribution in [-0.2, 0) is 21.7 Å². The minimum Gasteiger partial charge on any atom is -0.362 e. The summed E-state index contributed by atoms with van der Waals surface area (Å²) in [4.78, 5) is 12.7. The molecule has 0 atom stereocenters. The van der Waals surface area contributed by atoms with Crippen LogP contribution < -0.4 is 57.1 Å². The van der Waals surface area contributed by atoms with E-state index in [1.165, 1.54) is 49.6 Å². The van der Waals surface area contributed by atoms with E-state index in [9.17, 15) is 0 Å². The number of allylic oxidation sites excluding steroid dienone is 4. The van der Waals surface area contributed by atoms with Crippen LogP contribution in [0.25, 0.3) is 6.08 Å². The number of fused-ring (bicyclic) bond motifs is 6. The Hall–Kier alpha value is -11.2. The molecule has 0 aliphatic carbocycles. The van der Waals surface area contributed by atoms with Gasteiger partial charge in [-0.1, -0.05) is 258 Å². The van der Waals surface area contributed by atoms with Gasteiger partial charge < -0.3 is 29.8 Å². The summed E-state index contributed by atoms with van der Waals surface area (Å²) in [6, 6.07) is 105. The molecule has 0 unspecified atom stereocenters. The molecular weight excluding hydrogens is 1230 g/mol. The maximum absolute atomic E-state index is 3.83. The number of rotatable bonds is 11. The molecule has 0 spiro atoms. The number of nitrogens with one attached hydrogen (secondary N) is 1. The molecule has 12 aromatic rings. The van der Waals surface area contributed by atoms with Gasteiger partial charge >= 0.3 is 0 Å². The first-order valence-electron chi connectivity index (χ1n) is 36.2. The van der Waals surface area contributed by atoms with E-state index in [2.05, 4.69) is 422 Å². The Balaban J connectivity index is 1.00. The van der Waals surface area contributed by atoms with Crippen molar-refractivity contribution in [2.24, 2.45) is 0 Å². The molecule has 0 bridgehead atoms. The van der Waals surface area contributed by atoms with Gasteiger partial charge in [-0.2, -0.15) is 0 Å². The van der Waals surface area contributed by atoms with Crippen LogP contribution in [0.2, 0.25) is 0 Å². The van der Waals surface area contributed by atoms with Crippen molar-refractivity contribution in [3.8, 4) is 0 Å². The number of nitrogens with zero attached hydrogens (tertiary/aromatic N) is 5. The van der Waals surface area contributed by atoms with E-state index in [0.717, 1.165) is 102 Å². The van der Waals surface area contributed by atoms with Crippen LogP contribution in [-0.4, -0.2) is 13.4 Å². The van der Waals surface area contributed by atoms with Gasteiger partial charge in [-0.05, 0) is 216 Å². The highest BCUT2D eigenvalue weighted by Gasteiger charge is 2.47. The molecule has 0 amide bonds. The molecule has 0 saturated heterocycles. The summed E-state index contributed by atoms with van der Waals surface area (Å²) in [5, 5.41) is 3.83. The van der Waals surface area contributed by atoms with Gasteiger partial charge in [0.2, 0.25) is 6.71 Å². The van der Waals surface area contributed by atoms with Crippen molar-refractivity contribution in [1.29, 1.82) is 0 Å². The lowest BCUT2D eigenvalue weighted by molar-refractivity contribution is 0.590. The van der Waals surface area contributed by atoms with Crippen molar-refractivity contribution < 1.29 is 0 Å². The van der Waals surface area contributed by atoms with E-state index in [0.29, 0.717) is 0 Å². The quantitative estimate of drug-likeness (QED) is 0.130. The molecule has 16 rings (SSSR count). The Kier molecular flexibility index (Phi) is 16.3. The van der Waals surface area contributed by atoms with Crippen LogP contribution >= 0.6 is 0 Å². The standard InChI is InChI=1S/C94H88B2N6/c1-91(2,3)65-41-49-74(50-42-65)98(75-51-43-66(44-52-75)92(4,5)6)78-57-64-29-25-26-30-69(63-97-70-31-17-13-18-32-70)95-81-61-82-85(62-84(81)101(86(58-78)89(64)95)72-35-21-15-22-36-72)102(73-37-23-16-24-38-73)88-60-79(59-87-90(88)96(82)80-39-27-28-40-83(80)100(87)71-33-19-14-20-34-71)99(76-53-45-67(46-54-76)93(7,8)9)77-55-47-68(48-56-77)94(10,11)12/h13-63,97H,1-12H3/b29-25?,30-26-,69-63-. The minimum absolute atomic E-state index is 0.0228. The third-order valence-electron chi connectivity index (χ3n) is 21.1. The van der Waals surface area contributed by atoms with Crippen LogP contribution in [0.5, 0.6) is 0 Å². The molecule has 0 saturated carbocycles. The number of anilines is 16. The zero-order valence-electron chi connectivity index (χ0n) is 60.8. The van der Waals surface area contributed by atoms with Crippen molar-refractivity contribution in [2.75, 3.05) is 29.8 Å². The predicted octanol–water partition coefficient (Wildman–Crippen LogP) is 22.4. The van der Waals surface area contributed by atoms with Gasteiger partial charge in [-0.3, -0.25) is 0 Å². The summed E-state index contributed by atoms with van der Waals surface area (Å²) in [5.41, 5.74) is 31.0. The first-order chi connectivity index (χ1) is 49.1. The second kappa shape index (κ2) is 25.4. The van der Waals surface area contributed by atoms with Gasteiger partial charge in [0.05, 0.1) is 5.69 Å². The van der Waals surface area contributed by atoms with E-state index in [1.54, 1.807) is 0 Å². The fourth-order valence-electron chi connectivity index (χ4n) is 15.7. The molecule has 1 N–H and O–H groups in total. The van der Waals surface area contributed by atoms with E-state index in [1.807, 2.05) is 0 Å². The third-order valence-corrected chi connectivity index (χ3v) is 21.1. The Morgan fingerprint density at radius 1 is 0.294 bits per heavy atom. The topological polar surface area (TPSA) is 28.2 Å². The summed E-state index contributed by atoms with van der Waals surface area (Å²) in [6.07, 6.45) is 11.4. The normalized spacial score (nSPS) is 14.4. The number of benzene rings is 12. The van der Waals surface area contributed by atoms with Gasteiger partial charge in [0.25, 0.3) is 6.71 Å². The molecule has 102 heavy (non-hydrogen) atoms. The zero-order chi connectivity index (χ0) is 70.4. The molecule has 4 aliphatic heterocycles. The van der Waals surface area contributed by atoms with Crippen molar-refractivity contribution in [1.82, 2.24) is 0 Å². The maximum atomic E-state index is 3.83. The van der Waals surface area contributed by atoms with Crippen molar-refractivity contribution in [3.63, 3.8) is 0 Å². The molecule has 8 heteroatoms. The van der Waals surface area contributed by atoms with Crippen molar-refractivity contribution in [3.05, 3.63) is 337 Å². The average molecular weight is 1320 g/mol. The summed E-state index contributed by atoms with van der Waals surface area (Å²) in [6.45, 7) is 27.1. The molecule has 6 nitrogen and oxygen atoms in total. The number of hydrogen-bond donors (Lipinski definition) is 1. The van der Waals surface area contributed by atoms with E-state index >= 15 is 0 Å². The third kappa shape index (κ3) is 11.9. The molecule has 4 aliphatic rings. The SMILES string of the molecule is CC(C)(C)c1ccc(N(c2ccc(C(C)(C)C)cc2)c2cc3c4c(c2)N(c2ccccc2)c2cc5c(cc2B4C(=C\Nc2ccccc2)/C=C\C=C3)B2c3ccccc3N(c3ccccc3)c3cc(N(c4ccc(C(C)(C)C)cc4)c4ccc(C(C)(C)C)cc4)cc(c32)N5c2ccccc2)cc1. The first kappa shape index (κ1) is 65.4. The van der Waals surface area contributed by atoms with Gasteiger partial charge in [0, 0.05) is 85.3 Å². The Morgan fingerprint density at radius 3 is 1.07 bits per heavy atom. The Morgan fingerprint density at radius 2 is 0.647 bits per heavy atom. The largest absolute Gasteiger partial charge is 0.362 e. The second-order valence-electron chi connectivity index (χ2n) is 32.0. The van der Waals surface area contributed by atoms with Crippen LogP contribution in [0.4, 0.5) is 91.0 Å². The molecule has 500 valence electrons. The molecule has 0 aromatic heterocycles. The minimum atomic E-state index is -0.247. The summed E-state index contributed by atoms with van der Waals surface area (Å²) in [7, 11) is 0. The highest BCUT2D eigenvalue weighted by Crippen LogP contribution is 2.51. The van der Waals surface area contributed by atoms with Crippen LogP contribution in [0.3, 0.4) is 0 Å². The van der Waals surface area contributed by atoms with E-state index in [-0.39, 0.29) is 35.1 Å². The number of hydrogen-bond acceptors (Lipinski definition) is 6. The van der Waals surface area contributed by atoms with Gasteiger partial charge in [-0.25, -0.2) is 0 Å². The molecule has 0 radical (unpaired) electrons. The average Bonchev–Trinajstić information content (AvgIpc) is 0.688. The molecule has 0 fully saturated rings. The van der Waals surface area contributed by atoms with Crippen molar-refractivity contribution in [2.45, 2.75) is 105 Å². The van der Waals surface area contributed by atoms with Crippen LogP contribution in [0, 0.1) is 0 Å². The Bertz CT molecular complexity index is 5100. The molecular formula is C94H88B2N6. The first-order valence-corrected chi connectivity index (χ1v) is 36.2. The van der Waals surface area contributed by atoms with Gasteiger partial charge in [0.15, 0.2) is 0 Å². The fourth-order valence-corrected chi connectivity index (χ4v) is 15.7. The predicted molar refractivity (Wildman–Crippen MR) is 441 cm³/mol. The maximum Gasteiger partial charge on any atom is 0.252 e. The lowest BCUT2D eigenvalue weighted by Crippen LogP contribution is -2.63. The van der Waals surface area contributed by atoms with E-state index < -0.39 is 0 Å². The smallest absolute Gasteiger partial charge is 0.252 e. The number of para-hydroxylation sites is 5. The highest BCUT2D eigenvalue weighted by molar-refractivity contribution is 7.01. The highest BCUT2D eigenvalue weighted by atomic mass is 15.2. The molecule has 4 heterocycles. The Labute approximate surface area is 605 Å². The van der Waals surface area contributed by atoms with Gasteiger partial charge in [0.1, 0.15) is 0 Å². The lowest BCUT2D eigenvalue weighted by Gasteiger charge is -2.46. The van der Waals surface area contributed by atoms with Crippen molar-refractivity contribution >= 4 is 138 Å². The molecule has 12 aromatic carbocycles. The lowest BCUT2D eigenvalue weighted by atomic mass is 9.30. The summed E-state index contributed by atoms with van der Waals surface area (Å²) < 4.78 is 0.